The summed E-state index contributed by atoms with van der Waals surface area (Å²) in [6.45, 7) is 0.258. The number of nitrogens with one attached hydrogen (secondary N) is 2. The van der Waals surface area contributed by atoms with Gasteiger partial charge in [0.25, 0.3) is 15.7 Å². The van der Waals surface area contributed by atoms with Gasteiger partial charge in [-0.1, -0.05) is 18.2 Å². The summed E-state index contributed by atoms with van der Waals surface area (Å²) in [7, 11) is -4.23. The maximum atomic E-state index is 13.0. The van der Waals surface area contributed by atoms with Crippen LogP contribution in [0.4, 0.5) is 29.0 Å². The molecule has 0 atom stereocenters. The Morgan fingerprint density at radius 1 is 0.939 bits per heavy atom. The first-order valence-corrected chi connectivity index (χ1v) is 10.9. The highest BCUT2D eigenvalue weighted by Gasteiger charge is 2.23. The first kappa shape index (κ1) is 20.3. The van der Waals surface area contributed by atoms with Crippen molar-refractivity contribution in [2.45, 2.75) is 11.4 Å². The molecule has 0 bridgehead atoms. The van der Waals surface area contributed by atoms with Crippen LogP contribution in [0.5, 0.6) is 0 Å². The summed E-state index contributed by atoms with van der Waals surface area (Å²) in [5, 5.41) is 21.9. The molecule has 1 aliphatic heterocycles. The summed E-state index contributed by atoms with van der Waals surface area (Å²) < 4.78 is 28.4. The van der Waals surface area contributed by atoms with Gasteiger partial charge in [0.2, 0.25) is 0 Å². The van der Waals surface area contributed by atoms with Crippen molar-refractivity contribution in [2.75, 3.05) is 10.0 Å². The molecule has 0 radical (unpaired) electrons. The predicted octanol–water partition coefficient (Wildman–Crippen LogP) is 3.47. The van der Waals surface area contributed by atoms with Gasteiger partial charge in [0.1, 0.15) is 12.1 Å². The normalized spacial score (nSPS) is 12.5. The van der Waals surface area contributed by atoms with Crippen molar-refractivity contribution in [3.05, 3.63) is 70.5 Å². The Labute approximate surface area is 185 Å². The van der Waals surface area contributed by atoms with Crippen LogP contribution in [0.2, 0.25) is 0 Å². The Hall–Kier alpha value is -4.59. The molecular formula is C19H13N9O4S. The Kier molecular flexibility index (Phi) is 4.82. The lowest BCUT2D eigenvalue weighted by atomic mass is 10.3. The lowest BCUT2D eigenvalue weighted by molar-refractivity contribution is -0.385. The van der Waals surface area contributed by atoms with Gasteiger partial charge in [0.15, 0.2) is 17.5 Å². The van der Waals surface area contributed by atoms with Gasteiger partial charge < -0.3 is 5.32 Å². The summed E-state index contributed by atoms with van der Waals surface area (Å²) in [5.74, 6) is 0.723. The number of aromatic nitrogens is 4. The third kappa shape index (κ3) is 3.89. The molecule has 5 rings (SSSR count). The molecular weight excluding hydrogens is 450 g/mol. The third-order valence-electron chi connectivity index (χ3n) is 4.69. The van der Waals surface area contributed by atoms with Gasteiger partial charge in [-0.2, -0.15) is 5.11 Å². The van der Waals surface area contributed by atoms with Gasteiger partial charge in [-0.15, -0.1) is 5.11 Å². The number of azo groups is 1. The number of nitrogens with zero attached hydrogens (tertiary/aromatic N) is 7. The van der Waals surface area contributed by atoms with Crippen molar-refractivity contribution >= 4 is 50.0 Å². The van der Waals surface area contributed by atoms with Gasteiger partial charge in [-0.05, 0) is 18.2 Å². The van der Waals surface area contributed by atoms with Crippen LogP contribution in [-0.4, -0.2) is 33.3 Å². The molecule has 0 spiro atoms. The molecule has 14 heteroatoms. The van der Waals surface area contributed by atoms with Crippen molar-refractivity contribution in [3.63, 3.8) is 0 Å². The van der Waals surface area contributed by atoms with E-state index in [4.69, 9.17) is 0 Å². The van der Waals surface area contributed by atoms with Crippen LogP contribution >= 0.6 is 0 Å². The van der Waals surface area contributed by atoms with Crippen molar-refractivity contribution in [1.82, 2.24) is 19.9 Å². The third-order valence-corrected chi connectivity index (χ3v) is 6.03. The average Bonchev–Trinajstić information content (AvgIpc) is 3.29. The molecule has 164 valence electrons. The van der Waals surface area contributed by atoms with Crippen LogP contribution in [0, 0.1) is 10.1 Å². The van der Waals surface area contributed by atoms with Crippen molar-refractivity contribution in [3.8, 4) is 0 Å². The SMILES string of the molecule is O=[N+]([O-])c1cccc(S(=O)(=O)Nc2nc3ccccc3nc2Nc2ncnc3c2CN=N3)c1. The molecule has 1 aliphatic rings. The van der Waals surface area contributed by atoms with Crippen LogP contribution in [0.3, 0.4) is 0 Å². The number of hydrogen-bond acceptors (Lipinski definition) is 11. The fraction of sp³-hybridized carbons (Fsp3) is 0.0526. The topological polar surface area (TPSA) is 178 Å². The van der Waals surface area contributed by atoms with Crippen molar-refractivity contribution in [2.24, 2.45) is 10.2 Å². The molecule has 33 heavy (non-hydrogen) atoms. The summed E-state index contributed by atoms with van der Waals surface area (Å²) >= 11 is 0. The molecule has 0 fully saturated rings. The largest absolute Gasteiger partial charge is 0.321 e. The fourth-order valence-electron chi connectivity index (χ4n) is 3.14. The van der Waals surface area contributed by atoms with E-state index in [-0.39, 0.29) is 28.8 Å². The van der Waals surface area contributed by atoms with Crippen LogP contribution in [0.1, 0.15) is 5.56 Å². The van der Waals surface area contributed by atoms with E-state index in [1.807, 2.05) is 0 Å². The molecule has 0 amide bonds. The second-order valence-electron chi connectivity index (χ2n) is 6.82. The smallest absolute Gasteiger partial charge is 0.270 e. The second kappa shape index (κ2) is 7.83. The van der Waals surface area contributed by atoms with Crippen molar-refractivity contribution < 1.29 is 13.3 Å². The maximum Gasteiger partial charge on any atom is 0.270 e. The molecule has 4 aromatic rings. The summed E-state index contributed by atoms with van der Waals surface area (Å²) in [6.07, 6.45) is 1.30. The lowest BCUT2D eigenvalue weighted by Gasteiger charge is -2.14. The van der Waals surface area contributed by atoms with Crippen LogP contribution in [0.25, 0.3) is 11.0 Å². The standard InChI is InChI=1S/C19H13N9O4S/c29-28(30)11-4-3-5-12(8-11)33(31,32)27-19-18(23-14-6-1-2-7-15(14)24-19)25-16-13-9-22-26-17(13)21-10-20-16/h1-8,10H,9H2,(H,24,27)(H,20,21,23,25). The Morgan fingerprint density at radius 2 is 1.70 bits per heavy atom. The Balaban J connectivity index is 1.58. The lowest BCUT2D eigenvalue weighted by Crippen LogP contribution is -2.16. The van der Waals surface area contributed by atoms with Crippen molar-refractivity contribution in [1.29, 1.82) is 0 Å². The number of benzene rings is 2. The highest BCUT2D eigenvalue weighted by atomic mass is 32.2. The monoisotopic (exact) mass is 463 g/mol. The number of non-ortho nitro benzene ring substituents is 1. The van der Waals surface area contributed by atoms with Crippen LogP contribution < -0.4 is 10.0 Å². The average molecular weight is 463 g/mol. The molecule has 3 heterocycles. The first-order chi connectivity index (χ1) is 15.9. The molecule has 0 saturated carbocycles. The number of rotatable bonds is 6. The van der Waals surface area contributed by atoms with Gasteiger partial charge in [-0.3, -0.25) is 14.8 Å². The Bertz CT molecular complexity index is 1560. The molecule has 0 saturated heterocycles. The van der Waals surface area contributed by atoms with Gasteiger partial charge >= 0.3 is 0 Å². The van der Waals surface area contributed by atoms with E-state index in [2.05, 4.69) is 40.2 Å². The first-order valence-electron chi connectivity index (χ1n) is 9.43. The zero-order valence-corrected chi connectivity index (χ0v) is 17.4. The van der Waals surface area contributed by atoms with Gasteiger partial charge in [0, 0.05) is 12.1 Å². The Morgan fingerprint density at radius 3 is 2.45 bits per heavy atom. The highest BCUT2D eigenvalue weighted by molar-refractivity contribution is 7.92. The van der Waals surface area contributed by atoms with E-state index < -0.39 is 14.9 Å². The summed E-state index contributed by atoms with van der Waals surface area (Å²) in [4.78, 5) is 27.2. The minimum Gasteiger partial charge on any atom is -0.321 e. The van der Waals surface area contributed by atoms with E-state index in [0.717, 1.165) is 6.07 Å². The number of nitro benzene ring substituents is 1. The number of fused-ring (bicyclic) bond motifs is 2. The number of anilines is 3. The van der Waals surface area contributed by atoms with E-state index in [9.17, 15) is 18.5 Å². The zero-order chi connectivity index (χ0) is 23.0. The van der Waals surface area contributed by atoms with Crippen LogP contribution in [0.15, 0.2) is 70.0 Å². The number of sulfonamides is 1. The van der Waals surface area contributed by atoms with E-state index in [0.29, 0.717) is 28.2 Å². The van der Waals surface area contributed by atoms with Crippen LogP contribution in [-0.2, 0) is 16.6 Å². The molecule has 0 aliphatic carbocycles. The molecule has 2 aromatic heterocycles. The van der Waals surface area contributed by atoms with E-state index in [1.54, 1.807) is 24.3 Å². The maximum absolute atomic E-state index is 13.0. The predicted molar refractivity (Wildman–Crippen MR) is 117 cm³/mol. The quantitative estimate of drug-likeness (QED) is 0.320. The van der Waals surface area contributed by atoms with E-state index >= 15 is 0 Å². The molecule has 13 nitrogen and oxygen atoms in total. The number of hydrogen-bond donors (Lipinski definition) is 2. The fourth-order valence-corrected chi connectivity index (χ4v) is 4.18. The summed E-state index contributed by atoms with van der Waals surface area (Å²) in [6, 6.07) is 11.6. The molecule has 0 unspecified atom stereocenters. The number of nitro groups is 1. The highest BCUT2D eigenvalue weighted by Crippen LogP contribution is 2.33. The van der Waals surface area contributed by atoms with Gasteiger partial charge in [-0.25, -0.2) is 28.4 Å². The van der Waals surface area contributed by atoms with E-state index in [1.165, 1.54) is 24.5 Å². The molecule has 2 N–H and O–H groups in total. The minimum absolute atomic E-state index is 0.0792. The molecule has 2 aromatic carbocycles. The minimum atomic E-state index is -4.23. The second-order valence-corrected chi connectivity index (χ2v) is 8.50. The van der Waals surface area contributed by atoms with Gasteiger partial charge in [0.05, 0.1) is 33.0 Å². The number of para-hydroxylation sites is 2. The zero-order valence-electron chi connectivity index (χ0n) is 16.6. The summed E-state index contributed by atoms with van der Waals surface area (Å²) in [5.41, 5.74) is 1.22.